The van der Waals surface area contributed by atoms with Crippen LogP contribution < -0.4 is 15.5 Å². The number of carbonyl (C=O) groups is 1. The van der Waals surface area contributed by atoms with Gasteiger partial charge in [0.2, 0.25) is 0 Å². The van der Waals surface area contributed by atoms with Crippen LogP contribution in [0.4, 0.5) is 11.5 Å². The van der Waals surface area contributed by atoms with E-state index in [-0.39, 0.29) is 5.91 Å². The Morgan fingerprint density at radius 1 is 1.00 bits per heavy atom. The van der Waals surface area contributed by atoms with Gasteiger partial charge in [-0.05, 0) is 49.2 Å². The standard InChI is InChI=1S/C21H24N6O/c28-21(17-5-7-18(8-6-17)26-11-1-2-12-26)23-10-9-22-20-15-19(16-24-25-20)27-13-3-4-14-27/h1-2,5-8,11-12,15-16H,3-4,9-10,13-14H2,(H,22,25)(H,23,28). The van der Waals surface area contributed by atoms with Gasteiger partial charge in [-0.25, -0.2) is 0 Å². The molecule has 0 bridgehead atoms. The Hall–Kier alpha value is -3.35. The van der Waals surface area contributed by atoms with Gasteiger partial charge in [-0.2, -0.15) is 5.10 Å². The fourth-order valence-electron chi connectivity index (χ4n) is 3.35. The second-order valence-electron chi connectivity index (χ2n) is 6.81. The third-order valence-electron chi connectivity index (χ3n) is 4.86. The van der Waals surface area contributed by atoms with Crippen molar-refractivity contribution in [3.05, 3.63) is 66.6 Å². The number of hydrogen-bond donors (Lipinski definition) is 2. The number of aromatic nitrogens is 3. The van der Waals surface area contributed by atoms with Crippen LogP contribution in [-0.4, -0.2) is 46.9 Å². The lowest BCUT2D eigenvalue weighted by molar-refractivity contribution is 0.0955. The van der Waals surface area contributed by atoms with Gasteiger partial charge >= 0.3 is 0 Å². The third kappa shape index (κ3) is 4.31. The molecule has 0 aliphatic carbocycles. The first-order chi connectivity index (χ1) is 13.8. The molecule has 0 unspecified atom stereocenters. The molecular formula is C21H24N6O. The van der Waals surface area contributed by atoms with Gasteiger partial charge in [0, 0.05) is 55.9 Å². The lowest BCUT2D eigenvalue weighted by Gasteiger charge is -2.17. The SMILES string of the molecule is O=C(NCCNc1cc(N2CCCC2)cnn1)c1ccc(-n2cccc2)cc1. The summed E-state index contributed by atoms with van der Waals surface area (Å²) in [5.74, 6) is 0.646. The molecule has 1 aromatic carbocycles. The van der Waals surface area contributed by atoms with E-state index in [0.29, 0.717) is 18.7 Å². The molecule has 1 saturated heterocycles. The van der Waals surface area contributed by atoms with E-state index >= 15 is 0 Å². The molecule has 0 saturated carbocycles. The Morgan fingerprint density at radius 3 is 2.50 bits per heavy atom. The largest absolute Gasteiger partial charge is 0.370 e. The molecule has 1 aliphatic heterocycles. The maximum atomic E-state index is 12.3. The second kappa shape index (κ2) is 8.56. The number of carbonyl (C=O) groups excluding carboxylic acids is 1. The molecule has 4 rings (SSSR count). The van der Waals surface area contributed by atoms with Crippen LogP contribution in [0.15, 0.2) is 61.1 Å². The zero-order chi connectivity index (χ0) is 19.2. The number of anilines is 2. The van der Waals surface area contributed by atoms with Crippen LogP contribution in [-0.2, 0) is 0 Å². The summed E-state index contributed by atoms with van der Waals surface area (Å²) in [6.07, 6.45) is 8.20. The van der Waals surface area contributed by atoms with Crippen LogP contribution in [0.25, 0.3) is 5.69 Å². The van der Waals surface area contributed by atoms with Gasteiger partial charge in [0.1, 0.15) is 0 Å². The Balaban J connectivity index is 1.25. The summed E-state index contributed by atoms with van der Waals surface area (Å²) in [7, 11) is 0. The topological polar surface area (TPSA) is 75.1 Å². The minimum absolute atomic E-state index is 0.0854. The lowest BCUT2D eigenvalue weighted by atomic mass is 10.2. The van der Waals surface area contributed by atoms with Crippen LogP contribution >= 0.6 is 0 Å². The zero-order valence-electron chi connectivity index (χ0n) is 15.7. The molecule has 0 spiro atoms. The first-order valence-electron chi connectivity index (χ1n) is 9.63. The molecule has 3 aromatic rings. The maximum absolute atomic E-state index is 12.3. The predicted octanol–water partition coefficient (Wildman–Crippen LogP) is 2.71. The van der Waals surface area contributed by atoms with Gasteiger partial charge in [-0.1, -0.05) is 0 Å². The minimum Gasteiger partial charge on any atom is -0.370 e. The van der Waals surface area contributed by atoms with E-state index in [1.807, 2.05) is 59.4 Å². The molecule has 3 heterocycles. The molecule has 144 valence electrons. The number of benzene rings is 1. The molecular weight excluding hydrogens is 352 g/mol. The minimum atomic E-state index is -0.0854. The van der Waals surface area contributed by atoms with Crippen molar-refractivity contribution in [2.24, 2.45) is 0 Å². The average Bonchev–Trinajstić information content (AvgIpc) is 3.46. The monoisotopic (exact) mass is 376 g/mol. The van der Waals surface area contributed by atoms with E-state index in [0.717, 1.165) is 30.3 Å². The van der Waals surface area contributed by atoms with Crippen molar-refractivity contribution in [3.63, 3.8) is 0 Å². The smallest absolute Gasteiger partial charge is 0.251 e. The van der Waals surface area contributed by atoms with Crippen LogP contribution in [0.3, 0.4) is 0 Å². The Morgan fingerprint density at radius 2 is 1.75 bits per heavy atom. The number of rotatable bonds is 7. The highest BCUT2D eigenvalue weighted by Crippen LogP contribution is 2.20. The van der Waals surface area contributed by atoms with Crippen LogP contribution in [0.1, 0.15) is 23.2 Å². The van der Waals surface area contributed by atoms with Gasteiger partial charge in [-0.3, -0.25) is 4.79 Å². The highest BCUT2D eigenvalue weighted by molar-refractivity contribution is 5.94. The summed E-state index contributed by atoms with van der Waals surface area (Å²) in [6, 6.07) is 13.5. The molecule has 1 fully saturated rings. The van der Waals surface area contributed by atoms with Gasteiger partial charge in [0.05, 0.1) is 11.9 Å². The molecule has 1 amide bonds. The third-order valence-corrected chi connectivity index (χ3v) is 4.86. The summed E-state index contributed by atoms with van der Waals surface area (Å²) < 4.78 is 2.00. The fourth-order valence-corrected chi connectivity index (χ4v) is 3.35. The first kappa shape index (κ1) is 18.0. The maximum Gasteiger partial charge on any atom is 0.251 e. The van der Waals surface area contributed by atoms with E-state index in [1.165, 1.54) is 12.8 Å². The van der Waals surface area contributed by atoms with Gasteiger partial charge in [0.25, 0.3) is 5.91 Å². The van der Waals surface area contributed by atoms with Crippen molar-refractivity contribution >= 4 is 17.4 Å². The van der Waals surface area contributed by atoms with Crippen molar-refractivity contribution in [2.45, 2.75) is 12.8 Å². The average molecular weight is 376 g/mol. The summed E-state index contributed by atoms with van der Waals surface area (Å²) in [4.78, 5) is 14.6. The number of amides is 1. The van der Waals surface area contributed by atoms with E-state index in [4.69, 9.17) is 0 Å². The summed E-state index contributed by atoms with van der Waals surface area (Å²) in [5, 5.41) is 14.3. The van der Waals surface area contributed by atoms with Crippen molar-refractivity contribution < 1.29 is 4.79 Å². The van der Waals surface area contributed by atoms with Crippen LogP contribution in [0.5, 0.6) is 0 Å². The van der Waals surface area contributed by atoms with Crippen molar-refractivity contribution in [3.8, 4) is 5.69 Å². The van der Waals surface area contributed by atoms with E-state index < -0.39 is 0 Å². The normalized spacial score (nSPS) is 13.5. The van der Waals surface area contributed by atoms with Crippen LogP contribution in [0, 0.1) is 0 Å². The molecule has 0 radical (unpaired) electrons. The quantitative estimate of drug-likeness (QED) is 0.620. The predicted molar refractivity (Wildman–Crippen MR) is 110 cm³/mol. The molecule has 0 atom stereocenters. The molecule has 28 heavy (non-hydrogen) atoms. The van der Waals surface area contributed by atoms with Gasteiger partial charge in [-0.15, -0.1) is 5.10 Å². The summed E-state index contributed by atoms with van der Waals surface area (Å²) in [5.41, 5.74) is 2.77. The van der Waals surface area contributed by atoms with Crippen LogP contribution in [0.2, 0.25) is 0 Å². The Kier molecular flexibility index (Phi) is 5.51. The molecule has 2 N–H and O–H groups in total. The first-order valence-corrected chi connectivity index (χ1v) is 9.63. The highest BCUT2D eigenvalue weighted by Gasteiger charge is 2.13. The zero-order valence-corrected chi connectivity index (χ0v) is 15.7. The van der Waals surface area contributed by atoms with Gasteiger partial charge < -0.3 is 20.1 Å². The number of nitrogens with one attached hydrogen (secondary N) is 2. The molecule has 1 aliphatic rings. The summed E-state index contributed by atoms with van der Waals surface area (Å²) >= 11 is 0. The number of hydrogen-bond acceptors (Lipinski definition) is 5. The lowest BCUT2D eigenvalue weighted by Crippen LogP contribution is -2.29. The molecule has 2 aromatic heterocycles. The van der Waals surface area contributed by atoms with Gasteiger partial charge in [0.15, 0.2) is 5.82 Å². The van der Waals surface area contributed by atoms with Crippen molar-refractivity contribution in [1.82, 2.24) is 20.1 Å². The molecule has 7 heteroatoms. The van der Waals surface area contributed by atoms with E-state index in [2.05, 4.69) is 25.7 Å². The van der Waals surface area contributed by atoms with Crippen molar-refractivity contribution in [1.29, 1.82) is 0 Å². The molecule has 7 nitrogen and oxygen atoms in total. The van der Waals surface area contributed by atoms with E-state index in [9.17, 15) is 4.79 Å². The highest BCUT2D eigenvalue weighted by atomic mass is 16.1. The Bertz CT molecular complexity index is 901. The van der Waals surface area contributed by atoms with Crippen molar-refractivity contribution in [2.75, 3.05) is 36.4 Å². The fraction of sp³-hybridized carbons (Fsp3) is 0.286. The van der Waals surface area contributed by atoms with E-state index in [1.54, 1.807) is 6.20 Å². The summed E-state index contributed by atoms with van der Waals surface area (Å²) in [6.45, 7) is 3.24. The Labute approximate surface area is 164 Å². The number of nitrogens with zero attached hydrogens (tertiary/aromatic N) is 4. The second-order valence-corrected chi connectivity index (χ2v) is 6.81.